The van der Waals surface area contributed by atoms with Crippen molar-refractivity contribution in [3.05, 3.63) is 209 Å². The average molecular weight is 1010 g/mol. The second-order valence-corrected chi connectivity index (χ2v) is 16.8. The van der Waals surface area contributed by atoms with Gasteiger partial charge >= 0.3 is 41.8 Å². The predicted octanol–water partition coefficient (Wildman–Crippen LogP) is 11.2. The van der Waals surface area contributed by atoms with Crippen molar-refractivity contribution in [3.8, 4) is 0 Å². The normalized spacial score (nSPS) is 13.5. The Morgan fingerprint density at radius 2 is 1.15 bits per heavy atom. The molecule has 1 radical (unpaired) electrons. The van der Waals surface area contributed by atoms with Crippen molar-refractivity contribution < 1.29 is 45.5 Å². The van der Waals surface area contributed by atoms with Gasteiger partial charge in [-0.2, -0.15) is 0 Å². The summed E-state index contributed by atoms with van der Waals surface area (Å²) in [6.45, 7) is 14.8. The van der Waals surface area contributed by atoms with Crippen LogP contribution in [0.2, 0.25) is 0 Å². The van der Waals surface area contributed by atoms with E-state index in [0.29, 0.717) is 7.69 Å². The zero-order valence-electron chi connectivity index (χ0n) is 39.0. The van der Waals surface area contributed by atoms with E-state index in [2.05, 4.69) is 89.2 Å². The van der Waals surface area contributed by atoms with Gasteiger partial charge < -0.3 is 37.2 Å². The predicted molar refractivity (Wildman–Crippen MR) is 269 cm³/mol. The maximum atomic E-state index is 13.1. The Morgan fingerprint density at radius 3 is 1.58 bits per heavy atom. The summed E-state index contributed by atoms with van der Waals surface area (Å²) >= 11 is 1.82. The van der Waals surface area contributed by atoms with Crippen LogP contribution in [0.5, 0.6) is 0 Å². The summed E-state index contributed by atoms with van der Waals surface area (Å²) in [4.78, 5) is 0.140. The van der Waals surface area contributed by atoms with Gasteiger partial charge in [0.2, 0.25) is 0 Å². The molecule has 0 saturated heterocycles. The number of allylic oxidation sites excluding steroid dienone is 4. The van der Waals surface area contributed by atoms with Gasteiger partial charge in [-0.25, -0.2) is 8.42 Å². The van der Waals surface area contributed by atoms with E-state index in [1.165, 1.54) is 24.0 Å². The zero-order chi connectivity index (χ0) is 47.3. The van der Waals surface area contributed by atoms with Crippen LogP contribution < -0.4 is 10.6 Å². The molecular formula is C51H68B2ClN3O6RuS+. The Morgan fingerprint density at radius 1 is 0.692 bits per heavy atom. The number of rotatable bonds is 17. The summed E-state index contributed by atoms with van der Waals surface area (Å²) in [5.74, 6) is 0.974. The Balaban J connectivity index is 0.000000518. The maximum absolute atomic E-state index is 13.1. The van der Waals surface area contributed by atoms with E-state index in [9.17, 15) is 8.42 Å². The van der Waals surface area contributed by atoms with E-state index < -0.39 is 29.2 Å². The number of aryl methyl sites for hydroxylation is 1. The van der Waals surface area contributed by atoms with Crippen LogP contribution >= 0.6 is 9.69 Å². The van der Waals surface area contributed by atoms with Crippen LogP contribution in [0.4, 0.5) is 0 Å². The molecule has 14 heteroatoms. The molecule has 0 heterocycles. The van der Waals surface area contributed by atoms with E-state index in [0.717, 1.165) is 28.2 Å². The van der Waals surface area contributed by atoms with E-state index in [-0.39, 0.29) is 37.5 Å². The van der Waals surface area contributed by atoms with Gasteiger partial charge in [0.1, 0.15) is 10.0 Å². The average Bonchev–Trinajstić information content (AvgIpc) is 3.33. The molecule has 1 aliphatic rings. The first kappa shape index (κ1) is 59.3. The summed E-state index contributed by atoms with van der Waals surface area (Å²) in [6.07, 6.45) is 7.23. The summed E-state index contributed by atoms with van der Waals surface area (Å²) < 4.78 is 35.5. The Labute approximate surface area is 406 Å². The SMILES string of the molecule is CC.CC1=CC=C(C(C)C)CC1.C[C@@H](c1ccccc1)[C@@H](NCB(O)O)c1ccccc1.Cc1ccc(S(=O)(=O)[N-][C@@H](c2ccccc2)[C@@H](NCO[B]O)c2ccccc2)cc1.[CH3-].[Cl][Ru+3]. The van der Waals surface area contributed by atoms with E-state index in [4.69, 9.17) is 19.7 Å². The molecule has 0 unspecified atom stereocenters. The molecule has 0 aromatic heterocycles. The van der Waals surface area contributed by atoms with Gasteiger partial charge in [-0.15, -0.1) is 0 Å². The van der Waals surface area contributed by atoms with Crippen molar-refractivity contribution in [2.45, 2.75) is 90.2 Å². The zero-order valence-corrected chi connectivity index (χ0v) is 42.3. The third-order valence-corrected chi connectivity index (χ3v) is 11.7. The first-order valence-electron chi connectivity index (χ1n) is 21.5. The number of nitrogens with zero attached hydrogens (tertiary/aromatic N) is 1. The topological polar surface area (TPSA) is 142 Å². The number of sulfonamides is 1. The van der Waals surface area contributed by atoms with Gasteiger partial charge in [-0.05, 0) is 61.4 Å². The van der Waals surface area contributed by atoms with Gasteiger partial charge in [0.25, 0.3) is 0 Å². The second kappa shape index (κ2) is 33.7. The number of halogens is 1. The molecule has 5 N–H and O–H groups in total. The molecule has 6 rings (SSSR count). The molecule has 0 bridgehead atoms. The fourth-order valence-electron chi connectivity index (χ4n) is 6.80. The van der Waals surface area contributed by atoms with E-state index >= 15 is 0 Å². The monoisotopic (exact) mass is 1010 g/mol. The van der Waals surface area contributed by atoms with Crippen molar-refractivity contribution in [2.75, 3.05) is 13.2 Å². The van der Waals surface area contributed by atoms with E-state index in [1.807, 2.05) is 135 Å². The summed E-state index contributed by atoms with van der Waals surface area (Å²) in [6, 6.07) is 44.4. The van der Waals surface area contributed by atoms with Crippen LogP contribution in [0.15, 0.2) is 174 Å². The van der Waals surface area contributed by atoms with Gasteiger partial charge in [-0.1, -0.05) is 209 Å². The molecule has 0 saturated carbocycles. The van der Waals surface area contributed by atoms with Crippen molar-refractivity contribution in [2.24, 2.45) is 5.92 Å². The van der Waals surface area contributed by atoms with Crippen LogP contribution in [0.1, 0.15) is 106 Å². The van der Waals surface area contributed by atoms with Crippen molar-refractivity contribution in [3.63, 3.8) is 0 Å². The fraction of sp³-hybridized carbons (Fsp3) is 0.314. The fourth-order valence-corrected chi connectivity index (χ4v) is 7.94. The van der Waals surface area contributed by atoms with Crippen LogP contribution in [-0.4, -0.2) is 51.5 Å². The molecule has 65 heavy (non-hydrogen) atoms. The first-order chi connectivity index (χ1) is 30.9. The molecule has 1 aliphatic carbocycles. The molecule has 4 atom stereocenters. The molecule has 0 fully saturated rings. The van der Waals surface area contributed by atoms with Gasteiger partial charge in [-0.3, -0.25) is 5.32 Å². The molecule has 5 aromatic rings. The van der Waals surface area contributed by atoms with Crippen molar-refractivity contribution in [1.82, 2.24) is 10.6 Å². The number of hydrogen-bond acceptors (Lipinski definition) is 8. The Kier molecular flexibility index (Phi) is 30.8. The summed E-state index contributed by atoms with van der Waals surface area (Å²) in [5, 5.41) is 33.4. The third kappa shape index (κ3) is 21.6. The summed E-state index contributed by atoms with van der Waals surface area (Å²) in [7, 11) is -0.105. The molecular weight excluding hydrogens is 941 g/mol. The second-order valence-electron chi connectivity index (χ2n) is 15.1. The molecule has 0 spiro atoms. The molecule has 9 nitrogen and oxygen atoms in total. The minimum absolute atomic E-state index is 0. The Bertz CT molecular complexity index is 2140. The van der Waals surface area contributed by atoms with Crippen molar-refractivity contribution in [1.29, 1.82) is 0 Å². The molecule has 0 amide bonds. The quantitative estimate of drug-likeness (QED) is 0.0268. The van der Waals surface area contributed by atoms with E-state index in [1.54, 1.807) is 29.8 Å². The van der Waals surface area contributed by atoms with Crippen LogP contribution in [-0.2, 0) is 32.0 Å². The van der Waals surface area contributed by atoms with Crippen LogP contribution in [0, 0.1) is 20.3 Å². The minimum atomic E-state index is -3.92. The van der Waals surface area contributed by atoms with Gasteiger partial charge in [0.05, 0.1) is 6.73 Å². The van der Waals surface area contributed by atoms with Crippen LogP contribution in [0.25, 0.3) is 4.72 Å². The number of hydrogen-bond donors (Lipinski definition) is 5. The third-order valence-electron chi connectivity index (χ3n) is 10.3. The van der Waals surface area contributed by atoms with Crippen molar-refractivity contribution >= 4 is 34.5 Å². The van der Waals surface area contributed by atoms with Gasteiger partial charge in [0, 0.05) is 29.3 Å². The Hall–Kier alpha value is -3.71. The number of nitrogens with one attached hydrogen (secondary N) is 2. The molecule has 0 aliphatic heterocycles. The first-order valence-corrected chi connectivity index (χ1v) is 25.2. The number of benzene rings is 5. The van der Waals surface area contributed by atoms with Gasteiger partial charge in [0.15, 0.2) is 0 Å². The van der Waals surface area contributed by atoms with Crippen LogP contribution in [0.3, 0.4) is 0 Å². The standard InChI is InChI=1S/C22H23BN2O4S.C16H20BNO2.C10H16.C2H6.CH3.ClH.Ru/c1-17-12-14-20(15-13-17)30(27,28)25-22(19-10-6-3-7-11-19)21(24-16-29-23-26)18-8-4-2-5-9-18;1-13(14-8-4-2-5-9-14)16(18-12-17(19)20)15-10-6-3-7-11-15;1-8(2)10-6-4-9(3)5-7-10;1-2;;;/h2-15,21-22,24,26H,16H2,1H3;2-11,13,16,18-20H,12H2,1H3;4,6,8H,5,7H2,1-3H3;1-2H3;1H3;1H;/q-1;;;;-1;;+4/p-1/t21-,22-;13-,16+;;;;;/m00...../s1. The molecule has 5 aromatic carbocycles. The molecule has 349 valence electrons. The summed E-state index contributed by atoms with van der Waals surface area (Å²) in [5.41, 5.74) is 8.04.